The van der Waals surface area contributed by atoms with Gasteiger partial charge >= 0.3 is 0 Å². The number of likely N-dealkylation sites (N-methyl/N-ethyl adjacent to an activating group) is 1. The molecule has 0 aromatic heterocycles. The SMILES string of the molecule is Cc1ccc(Br)c(C(=O)N(C)CCOCCO)c1. The molecule has 0 atom stereocenters. The van der Waals surface area contributed by atoms with Gasteiger partial charge in [0.1, 0.15) is 0 Å². The van der Waals surface area contributed by atoms with Crippen LogP contribution < -0.4 is 0 Å². The highest BCUT2D eigenvalue weighted by atomic mass is 79.9. The number of aryl methyl sites for hydroxylation is 1. The maximum Gasteiger partial charge on any atom is 0.254 e. The van der Waals surface area contributed by atoms with E-state index in [4.69, 9.17) is 9.84 Å². The summed E-state index contributed by atoms with van der Waals surface area (Å²) in [6, 6.07) is 5.68. The number of aliphatic hydroxyl groups excluding tert-OH is 1. The average molecular weight is 316 g/mol. The molecule has 0 unspecified atom stereocenters. The highest BCUT2D eigenvalue weighted by molar-refractivity contribution is 9.10. The van der Waals surface area contributed by atoms with Crippen molar-refractivity contribution in [2.45, 2.75) is 6.92 Å². The first kappa shape index (κ1) is 15.1. The lowest BCUT2D eigenvalue weighted by Crippen LogP contribution is -2.30. The van der Waals surface area contributed by atoms with E-state index < -0.39 is 0 Å². The number of hydrogen-bond donors (Lipinski definition) is 1. The molecule has 0 heterocycles. The second-order valence-electron chi connectivity index (χ2n) is 4.05. The fourth-order valence-electron chi connectivity index (χ4n) is 1.48. The van der Waals surface area contributed by atoms with Crippen LogP contribution in [0, 0.1) is 6.92 Å². The second-order valence-corrected chi connectivity index (χ2v) is 4.90. The smallest absolute Gasteiger partial charge is 0.254 e. The van der Waals surface area contributed by atoms with E-state index in [0.717, 1.165) is 10.0 Å². The second kappa shape index (κ2) is 7.51. The van der Waals surface area contributed by atoms with Gasteiger partial charge in [0.2, 0.25) is 0 Å². The molecule has 1 N–H and O–H groups in total. The molecule has 1 aromatic carbocycles. The topological polar surface area (TPSA) is 49.8 Å². The number of aliphatic hydroxyl groups is 1. The Labute approximate surface area is 116 Å². The van der Waals surface area contributed by atoms with E-state index in [-0.39, 0.29) is 12.5 Å². The first-order valence-electron chi connectivity index (χ1n) is 5.76. The van der Waals surface area contributed by atoms with Gasteiger partial charge in [-0.05, 0) is 35.0 Å². The lowest BCUT2D eigenvalue weighted by atomic mass is 10.1. The van der Waals surface area contributed by atoms with Crippen LogP contribution in [0.25, 0.3) is 0 Å². The fraction of sp³-hybridized carbons (Fsp3) is 0.462. The summed E-state index contributed by atoms with van der Waals surface area (Å²) in [7, 11) is 1.74. The molecule has 0 saturated heterocycles. The number of nitrogens with zero attached hydrogens (tertiary/aromatic N) is 1. The summed E-state index contributed by atoms with van der Waals surface area (Å²) >= 11 is 3.38. The van der Waals surface area contributed by atoms with E-state index in [1.165, 1.54) is 0 Å². The van der Waals surface area contributed by atoms with Gasteiger partial charge in [-0.25, -0.2) is 0 Å². The van der Waals surface area contributed by atoms with Crippen molar-refractivity contribution < 1.29 is 14.6 Å². The zero-order valence-corrected chi connectivity index (χ0v) is 12.2. The molecule has 18 heavy (non-hydrogen) atoms. The van der Waals surface area contributed by atoms with Crippen LogP contribution in [0.4, 0.5) is 0 Å². The Bertz CT molecular complexity index is 409. The standard InChI is InChI=1S/C13H18BrNO3/c1-10-3-4-12(14)11(9-10)13(17)15(2)5-7-18-8-6-16/h3-4,9,16H,5-8H2,1-2H3. The largest absolute Gasteiger partial charge is 0.394 e. The molecule has 5 heteroatoms. The van der Waals surface area contributed by atoms with Gasteiger partial charge < -0.3 is 14.7 Å². The predicted octanol–water partition coefficient (Wildman–Crippen LogP) is 1.84. The number of carbonyl (C=O) groups is 1. The molecule has 0 saturated carbocycles. The molecule has 1 amide bonds. The molecule has 1 rings (SSSR count). The summed E-state index contributed by atoms with van der Waals surface area (Å²) in [5.41, 5.74) is 1.70. The van der Waals surface area contributed by atoms with Gasteiger partial charge in [-0.15, -0.1) is 0 Å². The Balaban J connectivity index is 2.60. The minimum absolute atomic E-state index is 0.00108. The van der Waals surface area contributed by atoms with Gasteiger partial charge in [0.25, 0.3) is 5.91 Å². The highest BCUT2D eigenvalue weighted by Gasteiger charge is 2.14. The van der Waals surface area contributed by atoms with Crippen molar-refractivity contribution in [3.63, 3.8) is 0 Å². The van der Waals surface area contributed by atoms with E-state index >= 15 is 0 Å². The molecule has 0 fully saturated rings. The first-order chi connectivity index (χ1) is 8.56. The van der Waals surface area contributed by atoms with Crippen LogP contribution in [0.2, 0.25) is 0 Å². The number of rotatable bonds is 6. The molecule has 100 valence electrons. The lowest BCUT2D eigenvalue weighted by Gasteiger charge is -2.18. The third-order valence-corrected chi connectivity index (χ3v) is 3.20. The molecular formula is C13H18BrNO3. The molecule has 0 radical (unpaired) electrons. The normalized spacial score (nSPS) is 10.4. The van der Waals surface area contributed by atoms with Gasteiger partial charge in [-0.3, -0.25) is 4.79 Å². The van der Waals surface area contributed by atoms with E-state index in [2.05, 4.69) is 15.9 Å². The highest BCUT2D eigenvalue weighted by Crippen LogP contribution is 2.19. The summed E-state index contributed by atoms with van der Waals surface area (Å²) in [6.07, 6.45) is 0. The van der Waals surface area contributed by atoms with Crippen molar-refractivity contribution in [1.29, 1.82) is 0 Å². The van der Waals surface area contributed by atoms with E-state index in [1.54, 1.807) is 11.9 Å². The molecule has 1 aromatic rings. The van der Waals surface area contributed by atoms with Crippen molar-refractivity contribution in [1.82, 2.24) is 4.90 Å². The van der Waals surface area contributed by atoms with Gasteiger partial charge in [0.05, 0.1) is 25.4 Å². The molecule has 0 aliphatic rings. The number of hydrogen-bond acceptors (Lipinski definition) is 3. The summed E-state index contributed by atoms with van der Waals surface area (Å²) in [6.45, 7) is 3.18. The van der Waals surface area contributed by atoms with Crippen molar-refractivity contribution in [3.05, 3.63) is 33.8 Å². The molecule has 0 bridgehead atoms. The monoisotopic (exact) mass is 315 g/mol. The number of halogens is 1. The Morgan fingerprint density at radius 1 is 1.44 bits per heavy atom. The van der Waals surface area contributed by atoms with Crippen molar-refractivity contribution in [3.8, 4) is 0 Å². The minimum atomic E-state index is -0.0434. The number of amides is 1. The van der Waals surface area contributed by atoms with Crippen molar-refractivity contribution in [2.24, 2.45) is 0 Å². The fourth-order valence-corrected chi connectivity index (χ4v) is 1.89. The Kier molecular flexibility index (Phi) is 6.32. The Hall–Kier alpha value is -0.910. The van der Waals surface area contributed by atoms with Crippen molar-refractivity contribution >= 4 is 21.8 Å². The minimum Gasteiger partial charge on any atom is -0.394 e. The van der Waals surface area contributed by atoms with Crippen LogP contribution in [-0.2, 0) is 4.74 Å². The van der Waals surface area contributed by atoms with Gasteiger partial charge in [0, 0.05) is 18.1 Å². The summed E-state index contributed by atoms with van der Waals surface area (Å²) < 4.78 is 5.93. The zero-order chi connectivity index (χ0) is 13.5. The lowest BCUT2D eigenvalue weighted by molar-refractivity contribution is 0.0618. The quantitative estimate of drug-likeness (QED) is 0.815. The maximum absolute atomic E-state index is 12.2. The summed E-state index contributed by atoms with van der Waals surface area (Å²) in [5, 5.41) is 8.57. The number of benzene rings is 1. The molecule has 0 spiro atoms. The van der Waals surface area contributed by atoms with Gasteiger partial charge in [-0.1, -0.05) is 11.6 Å². The number of ether oxygens (including phenoxy) is 1. The first-order valence-corrected chi connectivity index (χ1v) is 6.55. The van der Waals surface area contributed by atoms with Crippen LogP contribution in [0.5, 0.6) is 0 Å². The van der Waals surface area contributed by atoms with Crippen LogP contribution >= 0.6 is 15.9 Å². The van der Waals surface area contributed by atoms with Gasteiger partial charge in [-0.2, -0.15) is 0 Å². The third kappa shape index (κ3) is 4.40. The van der Waals surface area contributed by atoms with E-state index in [9.17, 15) is 4.79 Å². The van der Waals surface area contributed by atoms with Crippen LogP contribution in [0.1, 0.15) is 15.9 Å². The molecule has 0 aliphatic heterocycles. The zero-order valence-electron chi connectivity index (χ0n) is 10.6. The average Bonchev–Trinajstić information content (AvgIpc) is 2.36. The van der Waals surface area contributed by atoms with Crippen molar-refractivity contribution in [2.75, 3.05) is 33.4 Å². The molecular weight excluding hydrogens is 298 g/mol. The van der Waals surface area contributed by atoms with Crippen LogP contribution in [0.15, 0.2) is 22.7 Å². The van der Waals surface area contributed by atoms with Crippen LogP contribution in [0.3, 0.4) is 0 Å². The predicted molar refractivity (Wildman–Crippen MR) is 73.7 cm³/mol. The Morgan fingerprint density at radius 3 is 2.83 bits per heavy atom. The Morgan fingerprint density at radius 2 is 2.17 bits per heavy atom. The van der Waals surface area contributed by atoms with E-state index in [0.29, 0.717) is 25.3 Å². The van der Waals surface area contributed by atoms with Gasteiger partial charge in [0.15, 0.2) is 0 Å². The maximum atomic E-state index is 12.2. The summed E-state index contributed by atoms with van der Waals surface area (Å²) in [4.78, 5) is 13.8. The van der Waals surface area contributed by atoms with Crippen LogP contribution in [-0.4, -0.2) is 49.3 Å². The molecule has 0 aliphatic carbocycles. The third-order valence-electron chi connectivity index (χ3n) is 2.51. The molecule has 4 nitrogen and oxygen atoms in total. The van der Waals surface area contributed by atoms with E-state index in [1.807, 2.05) is 25.1 Å². The summed E-state index contributed by atoms with van der Waals surface area (Å²) in [5.74, 6) is -0.0434. The number of carbonyl (C=O) groups excluding carboxylic acids is 1.